The largest absolute Gasteiger partial charge is 0.368 e. The third-order valence-corrected chi connectivity index (χ3v) is 3.97. The first kappa shape index (κ1) is 10.0. The van der Waals surface area contributed by atoms with E-state index in [9.17, 15) is 0 Å². The molecule has 2 aromatic rings. The SMILES string of the molecule is c1ccc(-c2ccc(PC3CO3)cc2)cc1. The van der Waals surface area contributed by atoms with Gasteiger partial charge in [0.05, 0.1) is 6.61 Å². The molecule has 2 heteroatoms. The van der Waals surface area contributed by atoms with E-state index in [1.54, 1.807) is 0 Å². The summed E-state index contributed by atoms with van der Waals surface area (Å²) in [5, 5.41) is 1.39. The third kappa shape index (κ3) is 2.32. The summed E-state index contributed by atoms with van der Waals surface area (Å²) in [4.78, 5) is 0. The normalized spacial score (nSPS) is 19.1. The van der Waals surface area contributed by atoms with Crippen molar-refractivity contribution in [2.75, 3.05) is 6.61 Å². The molecule has 16 heavy (non-hydrogen) atoms. The van der Waals surface area contributed by atoms with Gasteiger partial charge in [0.1, 0.15) is 5.85 Å². The van der Waals surface area contributed by atoms with E-state index in [1.807, 2.05) is 6.07 Å². The molecule has 0 radical (unpaired) electrons. The minimum absolute atomic E-state index is 0.502. The summed E-state index contributed by atoms with van der Waals surface area (Å²) in [6, 6.07) is 19.3. The van der Waals surface area contributed by atoms with Crippen LogP contribution in [-0.4, -0.2) is 12.5 Å². The molecule has 1 heterocycles. The third-order valence-electron chi connectivity index (χ3n) is 2.65. The van der Waals surface area contributed by atoms with Crippen LogP contribution in [0.4, 0.5) is 0 Å². The Balaban J connectivity index is 1.81. The predicted octanol–water partition coefficient (Wildman–Crippen LogP) is 3.01. The van der Waals surface area contributed by atoms with E-state index in [0.717, 1.165) is 15.2 Å². The molecule has 0 spiro atoms. The molecule has 1 saturated heterocycles. The quantitative estimate of drug-likeness (QED) is 0.581. The Morgan fingerprint density at radius 2 is 1.50 bits per heavy atom. The van der Waals surface area contributed by atoms with Crippen LogP contribution < -0.4 is 5.30 Å². The Bertz CT molecular complexity index is 460. The van der Waals surface area contributed by atoms with Gasteiger partial charge >= 0.3 is 0 Å². The first-order valence-electron chi connectivity index (χ1n) is 5.45. The average Bonchev–Trinajstić information content (AvgIpc) is 3.15. The summed E-state index contributed by atoms with van der Waals surface area (Å²) in [5.74, 6) is 0.502. The van der Waals surface area contributed by atoms with Crippen molar-refractivity contribution in [3.63, 3.8) is 0 Å². The zero-order valence-corrected chi connectivity index (χ0v) is 9.89. The van der Waals surface area contributed by atoms with Crippen LogP contribution in [-0.2, 0) is 4.74 Å². The molecule has 2 aromatic carbocycles. The lowest BCUT2D eigenvalue weighted by atomic mass is 10.1. The molecule has 0 bridgehead atoms. The van der Waals surface area contributed by atoms with Crippen molar-refractivity contribution in [2.24, 2.45) is 0 Å². The van der Waals surface area contributed by atoms with Crippen LogP contribution in [0.25, 0.3) is 11.1 Å². The van der Waals surface area contributed by atoms with E-state index >= 15 is 0 Å². The Hall–Kier alpha value is -1.17. The molecule has 3 rings (SSSR count). The molecule has 2 unspecified atom stereocenters. The van der Waals surface area contributed by atoms with Crippen LogP contribution in [0, 0.1) is 0 Å². The van der Waals surface area contributed by atoms with Gasteiger partial charge in [-0.2, -0.15) is 0 Å². The van der Waals surface area contributed by atoms with Crippen molar-refractivity contribution in [2.45, 2.75) is 5.85 Å². The Morgan fingerprint density at radius 3 is 2.12 bits per heavy atom. The smallest absolute Gasteiger partial charge is 0.101 e. The second-order valence-electron chi connectivity index (χ2n) is 3.91. The highest BCUT2D eigenvalue weighted by atomic mass is 31.1. The van der Waals surface area contributed by atoms with Gasteiger partial charge in [0, 0.05) is 0 Å². The maximum Gasteiger partial charge on any atom is 0.101 e. The van der Waals surface area contributed by atoms with E-state index in [4.69, 9.17) is 4.74 Å². The summed E-state index contributed by atoms with van der Waals surface area (Å²) in [5.41, 5.74) is 2.56. The van der Waals surface area contributed by atoms with Crippen molar-refractivity contribution < 1.29 is 4.74 Å². The fourth-order valence-electron chi connectivity index (χ4n) is 1.71. The number of benzene rings is 2. The highest BCUT2D eigenvalue weighted by Gasteiger charge is 2.22. The number of hydrogen-bond acceptors (Lipinski definition) is 1. The second-order valence-corrected chi connectivity index (χ2v) is 5.42. The molecular formula is C14H13OP. The predicted molar refractivity (Wildman–Crippen MR) is 69.6 cm³/mol. The topological polar surface area (TPSA) is 12.5 Å². The minimum atomic E-state index is 0.502. The van der Waals surface area contributed by atoms with Crippen LogP contribution in [0.15, 0.2) is 54.6 Å². The minimum Gasteiger partial charge on any atom is -0.368 e. The van der Waals surface area contributed by atoms with Gasteiger partial charge in [-0.15, -0.1) is 0 Å². The molecule has 0 saturated carbocycles. The molecule has 0 amide bonds. The van der Waals surface area contributed by atoms with Crippen molar-refractivity contribution in [3.8, 4) is 11.1 Å². The van der Waals surface area contributed by atoms with E-state index in [-0.39, 0.29) is 0 Å². The molecule has 0 aliphatic carbocycles. The van der Waals surface area contributed by atoms with Crippen molar-refractivity contribution in [3.05, 3.63) is 54.6 Å². The second kappa shape index (κ2) is 4.37. The molecule has 0 aromatic heterocycles. The summed E-state index contributed by atoms with van der Waals surface area (Å²) < 4.78 is 5.24. The standard InChI is InChI=1S/C14H13OP/c1-2-4-11(5-3-1)12-6-8-13(9-7-12)16-14-10-15-14/h1-9,14,16H,10H2. The van der Waals surface area contributed by atoms with Crippen LogP contribution in [0.2, 0.25) is 0 Å². The zero-order valence-electron chi connectivity index (χ0n) is 8.89. The van der Waals surface area contributed by atoms with Gasteiger partial charge in [0.2, 0.25) is 0 Å². The van der Waals surface area contributed by atoms with Gasteiger partial charge in [-0.1, -0.05) is 63.2 Å². The van der Waals surface area contributed by atoms with Gasteiger partial charge in [-0.05, 0) is 16.4 Å². The Morgan fingerprint density at radius 1 is 0.875 bits per heavy atom. The monoisotopic (exact) mass is 228 g/mol. The zero-order chi connectivity index (χ0) is 10.8. The molecule has 1 nitrogen and oxygen atoms in total. The molecule has 80 valence electrons. The molecule has 1 fully saturated rings. The first-order chi connectivity index (χ1) is 7.92. The van der Waals surface area contributed by atoms with E-state index < -0.39 is 0 Å². The fourth-order valence-corrected chi connectivity index (χ4v) is 2.70. The van der Waals surface area contributed by atoms with Gasteiger partial charge in [-0.25, -0.2) is 0 Å². The maximum absolute atomic E-state index is 5.24. The van der Waals surface area contributed by atoms with Crippen LogP contribution in [0.1, 0.15) is 0 Å². The molecular weight excluding hydrogens is 215 g/mol. The average molecular weight is 228 g/mol. The van der Waals surface area contributed by atoms with Crippen LogP contribution >= 0.6 is 8.58 Å². The van der Waals surface area contributed by atoms with Gasteiger partial charge in [0.15, 0.2) is 0 Å². The number of rotatable bonds is 3. The van der Waals surface area contributed by atoms with Crippen LogP contribution in [0.3, 0.4) is 0 Å². The number of hydrogen-bond donors (Lipinski definition) is 0. The lowest BCUT2D eigenvalue weighted by molar-refractivity contribution is 0.459. The maximum atomic E-state index is 5.24. The summed E-state index contributed by atoms with van der Waals surface area (Å²) in [6.07, 6.45) is 0. The molecule has 2 atom stereocenters. The molecule has 0 N–H and O–H groups in total. The number of epoxide rings is 1. The van der Waals surface area contributed by atoms with Gasteiger partial charge < -0.3 is 4.74 Å². The van der Waals surface area contributed by atoms with Crippen LogP contribution in [0.5, 0.6) is 0 Å². The summed E-state index contributed by atoms with van der Waals surface area (Å²) in [6.45, 7) is 0.943. The van der Waals surface area contributed by atoms with Gasteiger partial charge in [-0.3, -0.25) is 0 Å². The number of ether oxygens (including phenoxy) is 1. The lowest BCUT2D eigenvalue weighted by Gasteiger charge is -2.03. The fraction of sp³-hybridized carbons (Fsp3) is 0.143. The Kier molecular flexibility index (Phi) is 2.73. The highest BCUT2D eigenvalue weighted by Crippen LogP contribution is 2.30. The molecule has 1 aliphatic heterocycles. The van der Waals surface area contributed by atoms with Crippen molar-refractivity contribution >= 4 is 13.9 Å². The first-order valence-corrected chi connectivity index (χ1v) is 6.53. The van der Waals surface area contributed by atoms with Crippen molar-refractivity contribution in [1.82, 2.24) is 0 Å². The summed E-state index contributed by atoms with van der Waals surface area (Å²) in [7, 11) is 0.804. The van der Waals surface area contributed by atoms with E-state index in [1.165, 1.54) is 16.4 Å². The Labute approximate surface area is 97.2 Å². The summed E-state index contributed by atoms with van der Waals surface area (Å²) >= 11 is 0. The van der Waals surface area contributed by atoms with E-state index in [2.05, 4.69) is 48.5 Å². The van der Waals surface area contributed by atoms with Crippen molar-refractivity contribution in [1.29, 1.82) is 0 Å². The van der Waals surface area contributed by atoms with E-state index in [0.29, 0.717) is 5.85 Å². The lowest BCUT2D eigenvalue weighted by Crippen LogP contribution is -1.94. The highest BCUT2D eigenvalue weighted by molar-refractivity contribution is 7.48. The molecule has 1 aliphatic rings. The van der Waals surface area contributed by atoms with Gasteiger partial charge in [0.25, 0.3) is 0 Å².